The number of hydrogen-bond donors (Lipinski definition) is 1. The van der Waals surface area contributed by atoms with Crippen LogP contribution < -0.4 is 14.8 Å². The summed E-state index contributed by atoms with van der Waals surface area (Å²) in [4.78, 5) is 12.3. The van der Waals surface area contributed by atoms with Gasteiger partial charge in [-0.25, -0.2) is 0 Å². The lowest BCUT2D eigenvalue weighted by molar-refractivity contribution is -0.118. The van der Waals surface area contributed by atoms with Gasteiger partial charge in [-0.15, -0.1) is 10.2 Å². The van der Waals surface area contributed by atoms with Gasteiger partial charge in [0, 0.05) is 19.2 Å². The molecule has 7 nitrogen and oxygen atoms in total. The Balaban J connectivity index is 1.27. The standard InChI is InChI=1S/C25H30N4O3S/c1-25(2,3)19-8-6-18(7-9-19)23-27-28-24(29(23)4)33-16-22(30)26-12-11-17-5-10-20-21(15-17)32-14-13-31-20/h5-10,15H,11-14,16H2,1-4H3,(H,26,30). The molecule has 0 radical (unpaired) electrons. The summed E-state index contributed by atoms with van der Waals surface area (Å²) in [7, 11) is 1.93. The van der Waals surface area contributed by atoms with E-state index in [0.717, 1.165) is 34.9 Å². The molecule has 1 aliphatic rings. The number of ether oxygens (including phenoxy) is 2. The lowest BCUT2D eigenvalue weighted by Gasteiger charge is -2.19. The molecule has 3 aromatic rings. The molecule has 0 saturated heterocycles. The van der Waals surface area contributed by atoms with Gasteiger partial charge in [0.1, 0.15) is 13.2 Å². The van der Waals surface area contributed by atoms with Crippen molar-refractivity contribution in [2.45, 2.75) is 37.8 Å². The van der Waals surface area contributed by atoms with Crippen LogP contribution in [0.1, 0.15) is 31.9 Å². The number of benzene rings is 2. The minimum atomic E-state index is -0.0309. The summed E-state index contributed by atoms with van der Waals surface area (Å²) >= 11 is 1.38. The fourth-order valence-corrected chi connectivity index (χ4v) is 4.32. The third-order valence-electron chi connectivity index (χ3n) is 5.52. The van der Waals surface area contributed by atoms with Crippen molar-refractivity contribution in [3.8, 4) is 22.9 Å². The highest BCUT2D eigenvalue weighted by Gasteiger charge is 2.16. The number of fused-ring (bicyclic) bond motifs is 1. The van der Waals surface area contributed by atoms with Crippen LogP contribution in [0.2, 0.25) is 0 Å². The largest absolute Gasteiger partial charge is 0.486 e. The van der Waals surface area contributed by atoms with Gasteiger partial charge in [-0.3, -0.25) is 4.79 Å². The van der Waals surface area contributed by atoms with Crippen LogP contribution in [0.15, 0.2) is 47.6 Å². The molecule has 1 aromatic heterocycles. The van der Waals surface area contributed by atoms with E-state index in [1.807, 2.05) is 29.8 Å². The Morgan fingerprint density at radius 2 is 1.79 bits per heavy atom. The number of rotatable bonds is 7. The van der Waals surface area contributed by atoms with Gasteiger partial charge in [-0.1, -0.05) is 62.9 Å². The molecular weight excluding hydrogens is 436 g/mol. The number of aromatic nitrogens is 3. The van der Waals surface area contributed by atoms with Crippen molar-refractivity contribution in [2.75, 3.05) is 25.5 Å². The predicted molar refractivity (Wildman–Crippen MR) is 130 cm³/mol. The molecule has 4 rings (SSSR count). The van der Waals surface area contributed by atoms with Crippen LogP contribution in [0.4, 0.5) is 0 Å². The van der Waals surface area contributed by atoms with Crippen LogP contribution in [-0.2, 0) is 23.7 Å². The normalized spacial score (nSPS) is 13.1. The molecule has 1 amide bonds. The molecule has 0 fully saturated rings. The number of hydrogen-bond acceptors (Lipinski definition) is 6. The van der Waals surface area contributed by atoms with E-state index in [4.69, 9.17) is 9.47 Å². The van der Waals surface area contributed by atoms with Crippen LogP contribution in [0, 0.1) is 0 Å². The summed E-state index contributed by atoms with van der Waals surface area (Å²) in [5.74, 6) is 2.59. The van der Waals surface area contributed by atoms with Gasteiger partial charge in [0.25, 0.3) is 0 Å². The number of thioether (sulfide) groups is 1. The molecule has 174 valence electrons. The third kappa shape index (κ3) is 5.68. The van der Waals surface area contributed by atoms with E-state index in [-0.39, 0.29) is 17.1 Å². The SMILES string of the molecule is Cn1c(SCC(=O)NCCc2ccc3c(c2)OCCO3)nnc1-c1ccc(C(C)(C)C)cc1. The zero-order chi connectivity index (χ0) is 23.4. The lowest BCUT2D eigenvalue weighted by Crippen LogP contribution is -2.27. The summed E-state index contributed by atoms with van der Waals surface area (Å²) in [5.41, 5.74) is 3.49. The molecular formula is C25H30N4O3S. The fourth-order valence-electron chi connectivity index (χ4n) is 3.58. The first-order valence-electron chi connectivity index (χ1n) is 11.1. The van der Waals surface area contributed by atoms with Gasteiger partial charge in [-0.2, -0.15) is 0 Å². The average molecular weight is 467 g/mol. The third-order valence-corrected chi connectivity index (χ3v) is 6.54. The Hall–Kier alpha value is -3.00. The highest BCUT2D eigenvalue weighted by atomic mass is 32.2. The summed E-state index contributed by atoms with van der Waals surface area (Å²) < 4.78 is 13.1. The average Bonchev–Trinajstić information content (AvgIpc) is 3.17. The van der Waals surface area contributed by atoms with Crippen LogP contribution in [0.3, 0.4) is 0 Å². The molecule has 33 heavy (non-hydrogen) atoms. The second-order valence-electron chi connectivity index (χ2n) is 9.06. The van der Waals surface area contributed by atoms with E-state index < -0.39 is 0 Å². The smallest absolute Gasteiger partial charge is 0.230 e. The van der Waals surface area contributed by atoms with Crippen molar-refractivity contribution in [3.63, 3.8) is 0 Å². The molecule has 0 saturated carbocycles. The molecule has 8 heteroatoms. The van der Waals surface area contributed by atoms with Gasteiger partial charge in [0.15, 0.2) is 22.5 Å². The van der Waals surface area contributed by atoms with Gasteiger partial charge >= 0.3 is 0 Å². The Kier molecular flexibility index (Phi) is 6.93. The molecule has 0 unspecified atom stereocenters. The molecule has 0 aliphatic carbocycles. The van der Waals surface area contributed by atoms with E-state index in [0.29, 0.717) is 24.9 Å². The molecule has 0 spiro atoms. The van der Waals surface area contributed by atoms with E-state index in [1.165, 1.54) is 17.3 Å². The zero-order valence-corrected chi connectivity index (χ0v) is 20.4. The highest BCUT2D eigenvalue weighted by molar-refractivity contribution is 7.99. The van der Waals surface area contributed by atoms with Gasteiger partial charge < -0.3 is 19.4 Å². The predicted octanol–water partition coefficient (Wildman–Crippen LogP) is 4.00. The lowest BCUT2D eigenvalue weighted by atomic mass is 9.87. The van der Waals surface area contributed by atoms with Crippen LogP contribution in [0.25, 0.3) is 11.4 Å². The van der Waals surface area contributed by atoms with E-state index in [1.54, 1.807) is 0 Å². The van der Waals surface area contributed by atoms with Gasteiger partial charge in [0.2, 0.25) is 5.91 Å². The quantitative estimate of drug-likeness (QED) is 0.530. The van der Waals surface area contributed by atoms with Crippen molar-refractivity contribution in [2.24, 2.45) is 7.05 Å². The first-order chi connectivity index (χ1) is 15.8. The maximum Gasteiger partial charge on any atom is 0.230 e. The fraction of sp³-hybridized carbons (Fsp3) is 0.400. The molecule has 2 heterocycles. The van der Waals surface area contributed by atoms with E-state index in [2.05, 4.69) is 60.6 Å². The Morgan fingerprint density at radius 1 is 1.06 bits per heavy atom. The number of nitrogens with zero attached hydrogens (tertiary/aromatic N) is 3. The van der Waals surface area contributed by atoms with Crippen molar-refractivity contribution in [3.05, 3.63) is 53.6 Å². The van der Waals surface area contributed by atoms with Crippen molar-refractivity contribution < 1.29 is 14.3 Å². The van der Waals surface area contributed by atoms with Gasteiger partial charge in [-0.05, 0) is 35.1 Å². The second-order valence-corrected chi connectivity index (χ2v) is 10.0. The number of amides is 1. The first kappa shape index (κ1) is 23.2. The molecule has 0 atom stereocenters. The van der Waals surface area contributed by atoms with Crippen molar-refractivity contribution in [1.82, 2.24) is 20.1 Å². The summed E-state index contributed by atoms with van der Waals surface area (Å²) in [5, 5.41) is 12.3. The minimum Gasteiger partial charge on any atom is -0.486 e. The Bertz CT molecular complexity index is 1120. The Labute approximate surface area is 198 Å². The molecule has 1 N–H and O–H groups in total. The van der Waals surface area contributed by atoms with Crippen LogP contribution in [0.5, 0.6) is 11.5 Å². The second kappa shape index (κ2) is 9.87. The van der Waals surface area contributed by atoms with E-state index in [9.17, 15) is 4.79 Å². The maximum atomic E-state index is 12.3. The molecule has 1 aliphatic heterocycles. The summed E-state index contributed by atoms with van der Waals surface area (Å²) in [6, 6.07) is 14.3. The number of carbonyl (C=O) groups excluding carboxylic acids is 1. The summed E-state index contributed by atoms with van der Waals surface area (Å²) in [6.45, 7) is 8.29. The topological polar surface area (TPSA) is 78.3 Å². The molecule has 2 aromatic carbocycles. The van der Waals surface area contributed by atoms with Gasteiger partial charge in [0.05, 0.1) is 5.75 Å². The number of nitrogens with one attached hydrogen (secondary N) is 1. The van der Waals surface area contributed by atoms with Crippen molar-refractivity contribution in [1.29, 1.82) is 0 Å². The monoisotopic (exact) mass is 466 g/mol. The van der Waals surface area contributed by atoms with Crippen molar-refractivity contribution >= 4 is 17.7 Å². The van der Waals surface area contributed by atoms with E-state index >= 15 is 0 Å². The van der Waals surface area contributed by atoms with Crippen LogP contribution in [-0.4, -0.2) is 46.2 Å². The maximum absolute atomic E-state index is 12.3. The number of carbonyl (C=O) groups is 1. The Morgan fingerprint density at radius 3 is 2.52 bits per heavy atom. The summed E-state index contributed by atoms with van der Waals surface area (Å²) in [6.07, 6.45) is 0.728. The first-order valence-corrected chi connectivity index (χ1v) is 12.1. The minimum absolute atomic E-state index is 0.0309. The van der Waals surface area contributed by atoms with Crippen LogP contribution >= 0.6 is 11.8 Å². The molecule has 0 bridgehead atoms. The highest BCUT2D eigenvalue weighted by Crippen LogP contribution is 2.31. The zero-order valence-electron chi connectivity index (χ0n) is 19.6.